The van der Waals surface area contributed by atoms with Gasteiger partial charge in [0, 0.05) is 18.4 Å². The first-order valence-corrected chi connectivity index (χ1v) is 6.42. The molecule has 0 aliphatic heterocycles. The molecule has 0 aliphatic carbocycles. The van der Waals surface area contributed by atoms with E-state index in [9.17, 15) is 9.59 Å². The smallest absolute Gasteiger partial charge is 0.333 e. The van der Waals surface area contributed by atoms with Gasteiger partial charge in [0.15, 0.2) is 0 Å². The Balaban J connectivity index is 2.54. The van der Waals surface area contributed by atoms with Crippen molar-refractivity contribution in [2.24, 2.45) is 0 Å². The summed E-state index contributed by atoms with van der Waals surface area (Å²) in [4.78, 5) is 22.4. The summed E-state index contributed by atoms with van der Waals surface area (Å²) in [6.45, 7) is 0. The van der Waals surface area contributed by atoms with Crippen LogP contribution in [0.25, 0.3) is 0 Å². The van der Waals surface area contributed by atoms with E-state index < -0.39 is 6.03 Å². The minimum absolute atomic E-state index is 0.343. The Kier molecular flexibility index (Phi) is 5.35. The van der Waals surface area contributed by atoms with Crippen molar-refractivity contribution in [3.8, 4) is 0 Å². The van der Waals surface area contributed by atoms with Crippen LogP contribution < -0.4 is 16.2 Å². The highest BCUT2D eigenvalue weighted by Gasteiger charge is 2.05. The Labute approximate surface area is 104 Å². The van der Waals surface area contributed by atoms with Crippen molar-refractivity contribution in [2.75, 3.05) is 13.3 Å². The van der Waals surface area contributed by atoms with Gasteiger partial charge in [-0.1, -0.05) is 12.1 Å². The zero-order valence-corrected chi connectivity index (χ0v) is 10.6. The third kappa shape index (κ3) is 4.36. The number of hydrogen-bond donors (Lipinski definition) is 3. The van der Waals surface area contributed by atoms with E-state index >= 15 is 0 Å². The molecule has 5 nitrogen and oxygen atoms in total. The molecule has 0 spiro atoms. The van der Waals surface area contributed by atoms with E-state index in [2.05, 4.69) is 16.2 Å². The second kappa shape index (κ2) is 6.80. The van der Waals surface area contributed by atoms with Gasteiger partial charge in [-0.05, 0) is 24.0 Å². The maximum Gasteiger partial charge on any atom is 0.333 e. The molecule has 0 saturated heterocycles. The number of urea groups is 1. The van der Waals surface area contributed by atoms with Crippen molar-refractivity contribution in [3.63, 3.8) is 0 Å². The summed E-state index contributed by atoms with van der Waals surface area (Å²) in [5.41, 5.74) is 6.18. The molecule has 0 unspecified atom stereocenters. The topological polar surface area (TPSA) is 70.2 Å². The number of amides is 3. The van der Waals surface area contributed by atoms with E-state index in [0.29, 0.717) is 5.56 Å². The van der Waals surface area contributed by atoms with Crippen LogP contribution in [0.4, 0.5) is 4.79 Å². The van der Waals surface area contributed by atoms with Crippen LogP contribution in [0.15, 0.2) is 24.3 Å². The first-order valence-electron chi connectivity index (χ1n) is 5.03. The van der Waals surface area contributed by atoms with Gasteiger partial charge in [0.1, 0.15) is 0 Å². The lowest BCUT2D eigenvalue weighted by Crippen LogP contribution is -2.45. The number of benzene rings is 1. The van der Waals surface area contributed by atoms with E-state index in [0.717, 1.165) is 11.3 Å². The molecule has 1 rings (SSSR count). The van der Waals surface area contributed by atoms with Gasteiger partial charge < -0.3 is 5.32 Å². The molecule has 0 heterocycles. The predicted molar refractivity (Wildman–Crippen MR) is 68.7 cm³/mol. The predicted octanol–water partition coefficient (Wildman–Crippen LogP) is 1.12. The molecule has 3 amide bonds. The molecule has 1 aromatic rings. The lowest BCUT2D eigenvalue weighted by molar-refractivity contribution is 0.0936. The first kappa shape index (κ1) is 13.4. The molecule has 17 heavy (non-hydrogen) atoms. The van der Waals surface area contributed by atoms with Crippen molar-refractivity contribution in [1.29, 1.82) is 0 Å². The Morgan fingerprint density at radius 1 is 1.18 bits per heavy atom. The average Bonchev–Trinajstić information content (AvgIpc) is 2.36. The quantitative estimate of drug-likeness (QED) is 0.707. The SMILES string of the molecule is CNC(=O)NNC(=O)c1ccc(CSC)cc1. The highest BCUT2D eigenvalue weighted by molar-refractivity contribution is 7.97. The number of rotatable bonds is 3. The molecule has 0 aromatic heterocycles. The molecular formula is C11H15N3O2S. The lowest BCUT2D eigenvalue weighted by Gasteiger charge is -2.07. The van der Waals surface area contributed by atoms with Gasteiger partial charge in [0.25, 0.3) is 5.91 Å². The Morgan fingerprint density at radius 2 is 1.82 bits per heavy atom. The summed E-state index contributed by atoms with van der Waals surface area (Å²) in [7, 11) is 1.47. The van der Waals surface area contributed by atoms with Crippen LogP contribution in [0, 0.1) is 0 Å². The maximum atomic E-state index is 11.6. The minimum Gasteiger partial charge on any atom is -0.340 e. The zero-order valence-electron chi connectivity index (χ0n) is 9.74. The number of carbonyl (C=O) groups is 2. The van der Waals surface area contributed by atoms with Gasteiger partial charge in [0.05, 0.1) is 0 Å². The fourth-order valence-corrected chi connectivity index (χ4v) is 1.69. The van der Waals surface area contributed by atoms with Crippen molar-refractivity contribution in [1.82, 2.24) is 16.2 Å². The van der Waals surface area contributed by atoms with Crippen LogP contribution in [0.2, 0.25) is 0 Å². The molecule has 6 heteroatoms. The number of thioether (sulfide) groups is 1. The van der Waals surface area contributed by atoms with E-state index in [-0.39, 0.29) is 5.91 Å². The summed E-state index contributed by atoms with van der Waals surface area (Å²) >= 11 is 1.72. The van der Waals surface area contributed by atoms with Crippen molar-refractivity contribution in [2.45, 2.75) is 5.75 Å². The van der Waals surface area contributed by atoms with Crippen LogP contribution in [-0.2, 0) is 5.75 Å². The van der Waals surface area contributed by atoms with Gasteiger partial charge in [-0.15, -0.1) is 0 Å². The van der Waals surface area contributed by atoms with E-state index in [4.69, 9.17) is 0 Å². The Bertz CT molecular complexity index is 392. The molecule has 3 N–H and O–H groups in total. The van der Waals surface area contributed by atoms with Crippen LogP contribution in [0.3, 0.4) is 0 Å². The van der Waals surface area contributed by atoms with Gasteiger partial charge in [-0.25, -0.2) is 10.2 Å². The number of nitrogens with one attached hydrogen (secondary N) is 3. The van der Waals surface area contributed by atoms with Crippen molar-refractivity contribution >= 4 is 23.7 Å². The largest absolute Gasteiger partial charge is 0.340 e. The van der Waals surface area contributed by atoms with Gasteiger partial charge in [-0.2, -0.15) is 11.8 Å². The third-order valence-corrected chi connectivity index (χ3v) is 2.67. The maximum absolute atomic E-state index is 11.6. The van der Waals surface area contributed by atoms with Crippen molar-refractivity contribution < 1.29 is 9.59 Å². The monoisotopic (exact) mass is 253 g/mol. The summed E-state index contributed by atoms with van der Waals surface area (Å²) in [5.74, 6) is 0.572. The molecule has 0 aliphatic rings. The molecule has 0 atom stereocenters. The molecule has 1 aromatic carbocycles. The van der Waals surface area contributed by atoms with Gasteiger partial charge >= 0.3 is 6.03 Å². The highest BCUT2D eigenvalue weighted by Crippen LogP contribution is 2.10. The van der Waals surface area contributed by atoms with E-state index in [1.165, 1.54) is 7.05 Å². The highest BCUT2D eigenvalue weighted by atomic mass is 32.2. The van der Waals surface area contributed by atoms with E-state index in [1.807, 2.05) is 18.4 Å². The summed E-state index contributed by atoms with van der Waals surface area (Å²) in [6.07, 6.45) is 2.02. The average molecular weight is 253 g/mol. The Hall–Kier alpha value is -1.69. The Morgan fingerprint density at radius 3 is 2.35 bits per heavy atom. The number of carbonyl (C=O) groups excluding carboxylic acids is 2. The van der Waals surface area contributed by atoms with Crippen LogP contribution in [0.5, 0.6) is 0 Å². The van der Waals surface area contributed by atoms with Crippen molar-refractivity contribution in [3.05, 3.63) is 35.4 Å². The molecule has 0 fully saturated rings. The third-order valence-electron chi connectivity index (χ3n) is 2.04. The van der Waals surface area contributed by atoms with E-state index in [1.54, 1.807) is 23.9 Å². The van der Waals surface area contributed by atoms with Gasteiger partial charge in [-0.3, -0.25) is 10.2 Å². The van der Waals surface area contributed by atoms with Gasteiger partial charge in [0.2, 0.25) is 0 Å². The molecule has 0 radical (unpaired) electrons. The normalized spacial score (nSPS) is 9.53. The zero-order chi connectivity index (χ0) is 12.7. The standard InChI is InChI=1S/C11H15N3O2S/c1-12-11(16)14-13-10(15)9-5-3-8(4-6-9)7-17-2/h3-6H,7H2,1-2H3,(H,13,15)(H2,12,14,16). The second-order valence-corrected chi connectivity index (χ2v) is 4.15. The first-order chi connectivity index (χ1) is 8.17. The minimum atomic E-state index is -0.461. The number of hydrazine groups is 1. The molecular weight excluding hydrogens is 238 g/mol. The second-order valence-electron chi connectivity index (χ2n) is 3.29. The lowest BCUT2D eigenvalue weighted by atomic mass is 10.1. The summed E-state index contributed by atoms with van der Waals surface area (Å²) < 4.78 is 0. The summed E-state index contributed by atoms with van der Waals surface area (Å²) in [6, 6.07) is 6.78. The van der Waals surface area contributed by atoms with Crippen LogP contribution in [0.1, 0.15) is 15.9 Å². The van der Waals surface area contributed by atoms with Crippen LogP contribution >= 0.6 is 11.8 Å². The fourth-order valence-electron chi connectivity index (χ4n) is 1.17. The van der Waals surface area contributed by atoms with Crippen LogP contribution in [-0.4, -0.2) is 25.2 Å². The molecule has 0 bridgehead atoms. The molecule has 0 saturated carbocycles. The summed E-state index contributed by atoms with van der Waals surface area (Å²) in [5, 5.41) is 2.33. The number of hydrogen-bond acceptors (Lipinski definition) is 3. The molecule has 92 valence electrons. The fraction of sp³-hybridized carbons (Fsp3) is 0.273.